The molecule has 0 spiro atoms. The van der Waals surface area contributed by atoms with Crippen molar-refractivity contribution < 1.29 is 33.4 Å². The second-order valence-corrected chi connectivity index (χ2v) is 11.9. The highest BCUT2D eigenvalue weighted by atomic mass is 127. The number of nitrogens with zero attached hydrogens (tertiary/aromatic N) is 2. The van der Waals surface area contributed by atoms with E-state index in [9.17, 15) is 19.2 Å². The van der Waals surface area contributed by atoms with Crippen molar-refractivity contribution in [2.75, 3.05) is 16.9 Å². The van der Waals surface area contributed by atoms with Crippen LogP contribution in [0, 0.1) is 5.41 Å². The standard InChI is InChI=1S/C27H30IN5O7S/c1-27(2,3)40-26(37)32-25-30-17(13-41-25)19(29)22(34)31-20-18-10-7-15(11-28)21(33(18)23(20)35)24(36)39-12-14-5-8-16(38-4)9-6-14/h5-6,8-9,13,18,20,29H,7,10-12H2,1-4H3,(H,31,34)(H,30,32,37)/t18-,20+/m1/s1. The van der Waals surface area contributed by atoms with Gasteiger partial charge in [-0.05, 0) is 56.9 Å². The molecule has 41 heavy (non-hydrogen) atoms. The zero-order valence-corrected chi connectivity index (χ0v) is 25.9. The first-order valence-electron chi connectivity index (χ1n) is 12.7. The summed E-state index contributed by atoms with van der Waals surface area (Å²) in [5.74, 6) is -1.15. The van der Waals surface area contributed by atoms with Crippen molar-refractivity contribution in [3.63, 3.8) is 0 Å². The van der Waals surface area contributed by atoms with Gasteiger partial charge in [0, 0.05) is 9.81 Å². The molecule has 2 atom stereocenters. The third-order valence-electron chi connectivity index (χ3n) is 6.30. The molecule has 3 amide bonds. The van der Waals surface area contributed by atoms with E-state index in [0.717, 1.165) is 22.5 Å². The van der Waals surface area contributed by atoms with Crippen molar-refractivity contribution in [1.29, 1.82) is 5.41 Å². The van der Waals surface area contributed by atoms with Gasteiger partial charge in [0.1, 0.15) is 41.1 Å². The van der Waals surface area contributed by atoms with Crippen molar-refractivity contribution in [2.24, 2.45) is 0 Å². The van der Waals surface area contributed by atoms with Crippen LogP contribution in [0.15, 0.2) is 40.9 Å². The maximum absolute atomic E-state index is 13.2. The summed E-state index contributed by atoms with van der Waals surface area (Å²) in [6.45, 7) is 5.20. The van der Waals surface area contributed by atoms with Crippen molar-refractivity contribution in [3.8, 4) is 5.75 Å². The molecule has 1 fully saturated rings. The number of thiazole rings is 1. The van der Waals surface area contributed by atoms with Crippen LogP contribution in [-0.2, 0) is 30.5 Å². The Kier molecular flexibility index (Phi) is 9.31. The maximum Gasteiger partial charge on any atom is 0.413 e. The number of ether oxygens (including phenoxy) is 3. The normalized spacial score (nSPS) is 18.2. The third kappa shape index (κ3) is 7.04. The number of halogens is 1. The number of methoxy groups -OCH3 is 1. The van der Waals surface area contributed by atoms with Gasteiger partial charge < -0.3 is 19.5 Å². The van der Waals surface area contributed by atoms with Gasteiger partial charge in [-0.15, -0.1) is 11.3 Å². The fourth-order valence-corrected chi connectivity index (χ4v) is 5.79. The first-order valence-corrected chi connectivity index (χ1v) is 15.1. The lowest BCUT2D eigenvalue weighted by Gasteiger charge is -2.50. The van der Waals surface area contributed by atoms with Crippen LogP contribution < -0.4 is 15.4 Å². The number of nitrogens with one attached hydrogen (secondary N) is 3. The Hall–Kier alpha value is -3.53. The SMILES string of the molecule is COc1ccc(COC(=O)C2=C(CI)CC[C@@H]3[C@H](NC(=O)C(=N)c4csc(NC(=O)OC(C)(C)C)n4)C(=O)N23)cc1. The predicted molar refractivity (Wildman–Crippen MR) is 159 cm³/mol. The van der Waals surface area contributed by atoms with Crippen molar-refractivity contribution >= 4 is 68.6 Å². The highest BCUT2D eigenvalue weighted by molar-refractivity contribution is 14.1. The number of benzene rings is 1. The second-order valence-electron chi connectivity index (χ2n) is 10.3. The zero-order chi connectivity index (χ0) is 29.9. The highest BCUT2D eigenvalue weighted by Crippen LogP contribution is 2.38. The van der Waals surface area contributed by atoms with Crippen molar-refractivity contribution in [3.05, 3.63) is 52.2 Å². The molecule has 1 saturated heterocycles. The van der Waals surface area contributed by atoms with Crippen LogP contribution in [0.25, 0.3) is 0 Å². The first kappa shape index (κ1) is 30.4. The van der Waals surface area contributed by atoms with E-state index in [1.165, 1.54) is 10.3 Å². The Morgan fingerprint density at radius 2 is 1.93 bits per heavy atom. The van der Waals surface area contributed by atoms with Gasteiger partial charge in [-0.25, -0.2) is 14.6 Å². The van der Waals surface area contributed by atoms with Gasteiger partial charge in [0.2, 0.25) is 0 Å². The van der Waals surface area contributed by atoms with Crippen molar-refractivity contribution in [1.82, 2.24) is 15.2 Å². The van der Waals surface area contributed by atoms with E-state index >= 15 is 0 Å². The number of amides is 3. The molecule has 0 bridgehead atoms. The number of hydrogen-bond acceptors (Lipinski definition) is 10. The quantitative estimate of drug-likeness (QED) is 0.118. The number of carbonyl (C=O) groups is 4. The molecule has 2 aliphatic heterocycles. The fourth-order valence-electron chi connectivity index (χ4n) is 4.36. The van der Waals surface area contributed by atoms with E-state index in [1.807, 2.05) is 0 Å². The third-order valence-corrected chi connectivity index (χ3v) is 7.98. The maximum atomic E-state index is 13.2. The molecular weight excluding hydrogens is 665 g/mol. The molecule has 1 aromatic heterocycles. The van der Waals surface area contributed by atoms with E-state index < -0.39 is 47.3 Å². The van der Waals surface area contributed by atoms with Gasteiger partial charge in [-0.1, -0.05) is 34.7 Å². The molecule has 0 saturated carbocycles. The fraction of sp³-hybridized carbons (Fsp3) is 0.407. The van der Waals surface area contributed by atoms with Gasteiger partial charge in [0.05, 0.1) is 13.2 Å². The largest absolute Gasteiger partial charge is 0.497 e. The number of carbonyl (C=O) groups excluding carboxylic acids is 4. The summed E-state index contributed by atoms with van der Waals surface area (Å²) in [4.78, 5) is 56.6. The molecule has 2 aromatic rings. The van der Waals surface area contributed by atoms with Crippen LogP contribution in [0.4, 0.5) is 9.93 Å². The molecule has 14 heteroatoms. The van der Waals surface area contributed by atoms with E-state index in [2.05, 4.69) is 38.2 Å². The van der Waals surface area contributed by atoms with E-state index in [0.29, 0.717) is 23.0 Å². The van der Waals surface area contributed by atoms with Crippen LogP contribution in [0.5, 0.6) is 5.75 Å². The molecule has 218 valence electrons. The summed E-state index contributed by atoms with van der Waals surface area (Å²) in [5.41, 5.74) is 0.683. The first-order chi connectivity index (χ1) is 19.4. The Morgan fingerprint density at radius 1 is 1.22 bits per heavy atom. The Bertz CT molecular complexity index is 1400. The molecule has 0 radical (unpaired) electrons. The Labute approximate surface area is 254 Å². The average Bonchev–Trinajstić information content (AvgIpc) is 3.40. The number of aromatic nitrogens is 1. The van der Waals surface area contributed by atoms with Crippen LogP contribution in [0.1, 0.15) is 44.9 Å². The van der Waals surface area contributed by atoms with Crippen LogP contribution >= 0.6 is 33.9 Å². The minimum atomic E-state index is -0.888. The summed E-state index contributed by atoms with van der Waals surface area (Å²) in [6, 6.07) is 5.79. The van der Waals surface area contributed by atoms with E-state index in [1.54, 1.807) is 52.1 Å². The molecule has 0 aliphatic carbocycles. The molecule has 3 N–H and O–H groups in total. The smallest absolute Gasteiger partial charge is 0.413 e. The topological polar surface area (TPSA) is 160 Å². The number of allylic oxidation sites excluding steroid dienone is 1. The summed E-state index contributed by atoms with van der Waals surface area (Å²) in [5, 5.41) is 15.0. The summed E-state index contributed by atoms with van der Waals surface area (Å²) >= 11 is 3.19. The lowest BCUT2D eigenvalue weighted by atomic mass is 9.83. The molecule has 4 rings (SSSR count). The van der Waals surface area contributed by atoms with E-state index in [-0.39, 0.29) is 23.1 Å². The number of alkyl halides is 1. The molecule has 12 nitrogen and oxygen atoms in total. The number of esters is 1. The van der Waals surface area contributed by atoms with Gasteiger partial charge in [0.15, 0.2) is 5.13 Å². The van der Waals surface area contributed by atoms with Gasteiger partial charge in [0.25, 0.3) is 11.8 Å². The molecule has 2 aliphatic rings. The number of hydrogen-bond donors (Lipinski definition) is 3. The van der Waals surface area contributed by atoms with Crippen molar-refractivity contribution in [2.45, 2.75) is 57.9 Å². The van der Waals surface area contributed by atoms with Gasteiger partial charge in [-0.3, -0.25) is 25.2 Å². The minimum Gasteiger partial charge on any atom is -0.497 e. The number of fused-ring (bicyclic) bond motifs is 1. The zero-order valence-electron chi connectivity index (χ0n) is 22.9. The molecular formula is C27H30IN5O7S. The summed E-state index contributed by atoms with van der Waals surface area (Å²) < 4.78 is 16.4. The summed E-state index contributed by atoms with van der Waals surface area (Å²) in [6.07, 6.45) is 0.419. The Balaban J connectivity index is 1.37. The lowest BCUT2D eigenvalue weighted by molar-refractivity contribution is -0.157. The molecule has 3 heterocycles. The van der Waals surface area contributed by atoms with E-state index in [4.69, 9.17) is 19.6 Å². The summed E-state index contributed by atoms with van der Waals surface area (Å²) in [7, 11) is 1.57. The molecule has 1 aromatic carbocycles. The Morgan fingerprint density at radius 3 is 2.56 bits per heavy atom. The second kappa shape index (κ2) is 12.5. The van der Waals surface area contributed by atoms with Crippen LogP contribution in [0.2, 0.25) is 0 Å². The molecule has 0 unspecified atom stereocenters. The monoisotopic (exact) mass is 695 g/mol. The van der Waals surface area contributed by atoms with Gasteiger partial charge >= 0.3 is 12.1 Å². The van der Waals surface area contributed by atoms with Crippen LogP contribution in [0.3, 0.4) is 0 Å². The van der Waals surface area contributed by atoms with Crippen LogP contribution in [-0.4, -0.2) is 68.7 Å². The minimum absolute atomic E-state index is 0.0310. The average molecular weight is 696 g/mol. The predicted octanol–water partition coefficient (Wildman–Crippen LogP) is 3.79. The highest BCUT2D eigenvalue weighted by Gasteiger charge is 2.53. The van der Waals surface area contributed by atoms with Gasteiger partial charge in [-0.2, -0.15) is 0 Å². The lowest BCUT2D eigenvalue weighted by Crippen LogP contribution is -2.72. The number of β-lactam (4-membered cyclic amide) rings is 1. The number of anilines is 1. The number of rotatable bonds is 9.